The van der Waals surface area contributed by atoms with E-state index in [1.807, 2.05) is 12.2 Å². The van der Waals surface area contributed by atoms with Gasteiger partial charge in [-0.2, -0.15) is 0 Å². The quantitative estimate of drug-likeness (QED) is 0.486. The predicted octanol–water partition coefficient (Wildman–Crippen LogP) is 3.01. The van der Waals surface area contributed by atoms with Gasteiger partial charge in [-0.05, 0) is 18.9 Å². The second kappa shape index (κ2) is 5.90. The summed E-state index contributed by atoms with van der Waals surface area (Å²) in [6.45, 7) is -0.0641. The number of anilines is 1. The number of amides is 2. The van der Waals surface area contributed by atoms with Gasteiger partial charge in [0, 0.05) is 17.2 Å². The molecule has 0 fully saturated rings. The highest BCUT2D eigenvalue weighted by Crippen LogP contribution is 2.38. The Bertz CT molecular complexity index is 790. The number of imide groups is 1. The summed E-state index contributed by atoms with van der Waals surface area (Å²) in [5.41, 5.74) is 0.613. The predicted molar refractivity (Wildman–Crippen MR) is 83.6 cm³/mol. The Morgan fingerprint density at radius 2 is 1.83 bits per heavy atom. The molecule has 0 aromatic heterocycles. The maximum Gasteiger partial charge on any atom is 0.262 e. The zero-order chi connectivity index (χ0) is 16.6. The second-order valence-electron chi connectivity index (χ2n) is 5.01. The summed E-state index contributed by atoms with van der Waals surface area (Å²) in [6, 6.07) is 2.22. The molecule has 116 valence electrons. The fourth-order valence-electron chi connectivity index (χ4n) is 2.58. The molecule has 1 aromatic rings. The topological polar surface area (TPSA) is 46.6 Å². The van der Waals surface area contributed by atoms with Crippen LogP contribution in [0.2, 0.25) is 5.02 Å². The molecule has 0 N–H and O–H groups in total. The molecule has 0 unspecified atom stereocenters. The van der Waals surface area contributed by atoms with Gasteiger partial charge in [0.25, 0.3) is 11.8 Å². The van der Waals surface area contributed by atoms with E-state index in [1.165, 1.54) is 6.07 Å². The van der Waals surface area contributed by atoms with Gasteiger partial charge in [-0.25, -0.2) is 9.29 Å². The van der Waals surface area contributed by atoms with E-state index in [4.69, 9.17) is 22.8 Å². The molecular formula is C17H11ClFNO3. The maximum atomic E-state index is 14.3. The van der Waals surface area contributed by atoms with Crippen molar-refractivity contribution < 1.29 is 18.7 Å². The average molecular weight is 332 g/mol. The van der Waals surface area contributed by atoms with Crippen LogP contribution in [0, 0.1) is 18.2 Å². The van der Waals surface area contributed by atoms with Gasteiger partial charge in [0.15, 0.2) is 0 Å². The standard InChI is InChI=1S/C17H11ClFNO3/c1-2-7-23-15-9-14(13(19)8-12(15)18)20-16(21)10-5-3-4-6-11(10)17(20)22/h1,3-4,8-9H,5-7H2. The fraction of sp³-hybridized carbons (Fsp3) is 0.176. The van der Waals surface area contributed by atoms with E-state index < -0.39 is 17.6 Å². The van der Waals surface area contributed by atoms with Gasteiger partial charge >= 0.3 is 0 Å². The smallest absolute Gasteiger partial charge is 0.262 e. The third kappa shape index (κ3) is 2.51. The van der Waals surface area contributed by atoms with Crippen LogP contribution >= 0.6 is 11.6 Å². The number of allylic oxidation sites excluding steroid dienone is 2. The normalized spacial score (nSPS) is 16.7. The van der Waals surface area contributed by atoms with E-state index in [0.29, 0.717) is 24.0 Å². The number of halogens is 2. The van der Waals surface area contributed by atoms with E-state index in [0.717, 1.165) is 11.0 Å². The number of benzene rings is 1. The van der Waals surface area contributed by atoms with Crippen LogP contribution < -0.4 is 9.64 Å². The Kier molecular flexibility index (Phi) is 3.93. The molecule has 0 spiro atoms. The zero-order valence-corrected chi connectivity index (χ0v) is 12.7. The Balaban J connectivity index is 2.01. The molecule has 2 amide bonds. The number of hydrogen-bond acceptors (Lipinski definition) is 3. The molecule has 0 bridgehead atoms. The lowest BCUT2D eigenvalue weighted by atomic mass is 9.99. The van der Waals surface area contributed by atoms with Gasteiger partial charge in [0.1, 0.15) is 18.2 Å². The van der Waals surface area contributed by atoms with Crippen molar-refractivity contribution in [3.05, 3.63) is 46.3 Å². The van der Waals surface area contributed by atoms with E-state index in [-0.39, 0.29) is 23.1 Å². The molecule has 2 aliphatic rings. The molecule has 1 aromatic carbocycles. The van der Waals surface area contributed by atoms with Crippen LogP contribution in [0.4, 0.5) is 10.1 Å². The summed E-state index contributed by atoms with van der Waals surface area (Å²) in [6.07, 6.45) is 9.48. The summed E-state index contributed by atoms with van der Waals surface area (Å²) in [7, 11) is 0. The molecule has 6 heteroatoms. The van der Waals surface area contributed by atoms with Crippen molar-refractivity contribution in [2.75, 3.05) is 11.5 Å². The molecule has 0 atom stereocenters. The summed E-state index contributed by atoms with van der Waals surface area (Å²) in [5.74, 6) is 0.571. The molecule has 1 aliphatic carbocycles. The number of rotatable bonds is 3. The van der Waals surface area contributed by atoms with Crippen LogP contribution in [0.5, 0.6) is 5.75 Å². The Hall–Kier alpha value is -2.58. The lowest BCUT2D eigenvalue weighted by Gasteiger charge is -2.17. The maximum absolute atomic E-state index is 14.3. The lowest BCUT2D eigenvalue weighted by Crippen LogP contribution is -2.32. The summed E-state index contributed by atoms with van der Waals surface area (Å²) < 4.78 is 19.5. The molecule has 0 saturated carbocycles. The van der Waals surface area contributed by atoms with Gasteiger partial charge in [0.2, 0.25) is 0 Å². The molecule has 0 saturated heterocycles. The first-order chi connectivity index (χ1) is 11.0. The Morgan fingerprint density at radius 3 is 2.39 bits per heavy atom. The number of nitrogens with zero attached hydrogens (tertiary/aromatic N) is 1. The van der Waals surface area contributed by atoms with Crippen molar-refractivity contribution in [3.8, 4) is 18.1 Å². The van der Waals surface area contributed by atoms with Crippen LogP contribution in [-0.2, 0) is 9.59 Å². The number of ether oxygens (including phenoxy) is 1. The molecular weight excluding hydrogens is 321 g/mol. The number of terminal acetylenes is 1. The molecule has 1 aliphatic heterocycles. The van der Waals surface area contributed by atoms with Gasteiger partial charge < -0.3 is 4.74 Å². The highest BCUT2D eigenvalue weighted by Gasteiger charge is 2.40. The van der Waals surface area contributed by atoms with Crippen molar-refractivity contribution >= 4 is 29.1 Å². The minimum atomic E-state index is -0.780. The van der Waals surface area contributed by atoms with Crippen LogP contribution in [0.15, 0.2) is 35.4 Å². The zero-order valence-electron chi connectivity index (χ0n) is 11.9. The van der Waals surface area contributed by atoms with Crippen molar-refractivity contribution in [1.82, 2.24) is 0 Å². The minimum Gasteiger partial charge on any atom is -0.479 e. The van der Waals surface area contributed by atoms with E-state index in [9.17, 15) is 14.0 Å². The third-order valence-corrected chi connectivity index (χ3v) is 3.95. The highest BCUT2D eigenvalue weighted by atomic mass is 35.5. The van der Waals surface area contributed by atoms with E-state index in [1.54, 1.807) is 0 Å². The molecule has 1 heterocycles. The molecule has 3 rings (SSSR count). The van der Waals surface area contributed by atoms with Crippen molar-refractivity contribution in [2.24, 2.45) is 0 Å². The Morgan fingerprint density at radius 1 is 1.22 bits per heavy atom. The third-order valence-electron chi connectivity index (χ3n) is 3.65. The van der Waals surface area contributed by atoms with E-state index in [2.05, 4.69) is 5.92 Å². The number of carbonyl (C=O) groups is 2. The average Bonchev–Trinajstić information content (AvgIpc) is 2.79. The monoisotopic (exact) mass is 331 g/mol. The van der Waals surface area contributed by atoms with Crippen molar-refractivity contribution in [3.63, 3.8) is 0 Å². The fourth-order valence-corrected chi connectivity index (χ4v) is 2.79. The minimum absolute atomic E-state index is 0.0139. The number of hydrogen-bond donors (Lipinski definition) is 0. The summed E-state index contributed by atoms with van der Waals surface area (Å²) in [4.78, 5) is 25.7. The van der Waals surface area contributed by atoms with Gasteiger partial charge in [-0.15, -0.1) is 6.42 Å². The van der Waals surface area contributed by atoms with Gasteiger partial charge in [-0.3, -0.25) is 9.59 Å². The van der Waals surface area contributed by atoms with Gasteiger partial charge in [0.05, 0.1) is 10.7 Å². The van der Waals surface area contributed by atoms with E-state index >= 15 is 0 Å². The van der Waals surface area contributed by atoms with Crippen molar-refractivity contribution in [1.29, 1.82) is 0 Å². The SMILES string of the molecule is C#CCOc1cc(N2C(=O)C3=C(CC=CC3)C2=O)c(F)cc1Cl. The lowest BCUT2D eigenvalue weighted by molar-refractivity contribution is -0.120. The molecule has 4 nitrogen and oxygen atoms in total. The Labute approximate surface area is 137 Å². The second-order valence-corrected chi connectivity index (χ2v) is 5.42. The van der Waals surface area contributed by atoms with Crippen LogP contribution in [-0.4, -0.2) is 18.4 Å². The van der Waals surface area contributed by atoms with Crippen LogP contribution in [0.25, 0.3) is 0 Å². The van der Waals surface area contributed by atoms with Gasteiger partial charge in [-0.1, -0.05) is 29.7 Å². The highest BCUT2D eigenvalue weighted by molar-refractivity contribution is 6.34. The van der Waals surface area contributed by atoms with Crippen LogP contribution in [0.3, 0.4) is 0 Å². The number of carbonyl (C=O) groups excluding carboxylic acids is 2. The first-order valence-corrected chi connectivity index (χ1v) is 7.23. The largest absolute Gasteiger partial charge is 0.479 e. The molecule has 0 radical (unpaired) electrons. The summed E-state index contributed by atoms with van der Waals surface area (Å²) >= 11 is 5.90. The molecule has 23 heavy (non-hydrogen) atoms. The van der Waals surface area contributed by atoms with Crippen molar-refractivity contribution in [2.45, 2.75) is 12.8 Å². The van der Waals surface area contributed by atoms with Crippen LogP contribution in [0.1, 0.15) is 12.8 Å². The first-order valence-electron chi connectivity index (χ1n) is 6.85. The summed E-state index contributed by atoms with van der Waals surface area (Å²) in [5, 5.41) is 0.0139. The first kappa shape index (κ1) is 15.3.